The van der Waals surface area contributed by atoms with E-state index in [4.69, 9.17) is 18.9 Å². The molecule has 4 nitrogen and oxygen atoms in total. The van der Waals surface area contributed by atoms with Crippen molar-refractivity contribution < 1.29 is 18.9 Å². The molecule has 1 saturated heterocycles. The number of thioether (sulfide) groups is 1. The average molecular weight is 647 g/mol. The molecule has 0 aliphatic carbocycles. The van der Waals surface area contributed by atoms with Crippen molar-refractivity contribution in [3.63, 3.8) is 0 Å². The number of hydrogen-bond acceptors (Lipinski definition) is 6. The highest BCUT2D eigenvalue weighted by atomic mass is 32.2. The third-order valence-electron chi connectivity index (χ3n) is 8.91. The van der Waals surface area contributed by atoms with Crippen molar-refractivity contribution in [2.24, 2.45) is 0 Å². The Hall–Kier alpha value is -3.97. The van der Waals surface area contributed by atoms with Crippen LogP contribution in [0.4, 0.5) is 0 Å². The number of rotatable bonds is 6. The predicted octanol–water partition coefficient (Wildman–Crippen LogP) is 8.18. The second kappa shape index (κ2) is 12.7. The zero-order valence-corrected chi connectivity index (χ0v) is 28.5. The van der Waals surface area contributed by atoms with Gasteiger partial charge in [-0.25, -0.2) is 0 Å². The van der Waals surface area contributed by atoms with Gasteiger partial charge in [-0.3, -0.25) is 0 Å². The average Bonchev–Trinajstić information content (AvgIpc) is 3.70. The van der Waals surface area contributed by atoms with Gasteiger partial charge in [0.25, 0.3) is 0 Å². The van der Waals surface area contributed by atoms with Crippen LogP contribution in [0, 0.1) is 13.8 Å². The Balaban J connectivity index is 1.28. The van der Waals surface area contributed by atoms with Gasteiger partial charge in [0.05, 0.1) is 16.4 Å². The van der Waals surface area contributed by atoms with E-state index in [0.29, 0.717) is 26.4 Å². The van der Waals surface area contributed by atoms with Gasteiger partial charge in [0, 0.05) is 11.1 Å². The van der Waals surface area contributed by atoms with E-state index in [9.17, 15) is 0 Å². The summed E-state index contributed by atoms with van der Waals surface area (Å²) in [7, 11) is 0. The van der Waals surface area contributed by atoms with Crippen LogP contribution in [-0.2, 0) is 9.47 Å². The highest BCUT2D eigenvalue weighted by Gasteiger charge is 2.32. The Morgan fingerprint density at radius 1 is 0.696 bits per heavy atom. The molecule has 3 aliphatic heterocycles. The number of fused-ring (bicyclic) bond motifs is 2. The third-order valence-corrected chi connectivity index (χ3v) is 11.1. The number of ether oxygens (including phenoxy) is 4. The molecule has 1 unspecified atom stereocenters. The van der Waals surface area contributed by atoms with E-state index in [2.05, 4.69) is 102 Å². The molecule has 6 heteroatoms. The lowest BCUT2D eigenvalue weighted by Crippen LogP contribution is -2.26. The minimum Gasteiger partial charge on any atom is -0.492 e. The van der Waals surface area contributed by atoms with Gasteiger partial charge in [-0.15, -0.1) is 23.1 Å². The Bertz CT molecular complexity index is 2010. The Morgan fingerprint density at radius 2 is 1.26 bits per heavy atom. The normalized spacial score (nSPS) is 18.5. The molecule has 0 radical (unpaired) electrons. The number of allylic oxidation sites excluding steroid dienone is 2. The molecular weight excluding hydrogens is 609 g/mol. The standard InChI is InChI=1S/C40H38O4S2/c1-23(2)35(27-7-11-29(12-8-27)39-37-33(21-45-39)41-17-19-43-37)31-15-16-32(26(6)25(31)5)36(24(3)4)28-9-13-30(14-10-28)40-38-34(22-46-40)42-18-20-44-38/h7-16,21,34H,1,3,17-20,22H2,2,4-6H3/b35-31+,36-32+. The SMILES string of the molecule is C=C(C)/C(c1ccc(C2=C3OCCOC3CS2)cc1)=c1/cc/c(=C(/C(=C)C)c2ccc(-c3scc4c3OCCO4)cc2)c(C)c1C. The first-order valence-corrected chi connectivity index (χ1v) is 17.5. The van der Waals surface area contributed by atoms with Crippen molar-refractivity contribution in [2.45, 2.75) is 33.8 Å². The van der Waals surface area contributed by atoms with Crippen LogP contribution in [0.25, 0.3) is 26.5 Å². The molecule has 4 aromatic rings. The second-order valence-corrected chi connectivity index (χ2v) is 14.0. The van der Waals surface area contributed by atoms with Gasteiger partial charge in [0.15, 0.2) is 11.5 Å². The van der Waals surface area contributed by atoms with Crippen LogP contribution in [0.2, 0.25) is 0 Å². The number of benzene rings is 3. The summed E-state index contributed by atoms with van der Waals surface area (Å²) in [5, 5.41) is 4.42. The lowest BCUT2D eigenvalue weighted by molar-refractivity contribution is -0.0282. The molecule has 46 heavy (non-hydrogen) atoms. The molecule has 1 atom stereocenters. The van der Waals surface area contributed by atoms with Gasteiger partial charge in [-0.1, -0.05) is 73.8 Å². The monoisotopic (exact) mass is 646 g/mol. The van der Waals surface area contributed by atoms with Crippen LogP contribution in [-0.4, -0.2) is 38.3 Å². The first-order valence-electron chi connectivity index (χ1n) is 15.7. The Morgan fingerprint density at radius 3 is 1.87 bits per heavy atom. The molecule has 234 valence electrons. The van der Waals surface area contributed by atoms with Crippen molar-refractivity contribution in [1.29, 1.82) is 0 Å². The van der Waals surface area contributed by atoms with Crippen LogP contribution in [0.5, 0.6) is 11.5 Å². The van der Waals surface area contributed by atoms with E-state index in [1.165, 1.54) is 32.0 Å². The molecule has 1 aromatic heterocycles. The molecule has 1 fully saturated rings. The third kappa shape index (κ3) is 5.53. The maximum Gasteiger partial charge on any atom is 0.179 e. The summed E-state index contributed by atoms with van der Waals surface area (Å²) in [5.41, 5.74) is 11.5. The molecule has 0 saturated carbocycles. The predicted molar refractivity (Wildman–Crippen MR) is 192 cm³/mol. The quantitative estimate of drug-likeness (QED) is 0.211. The smallest absolute Gasteiger partial charge is 0.179 e. The van der Waals surface area contributed by atoms with Crippen molar-refractivity contribution in [3.05, 3.63) is 134 Å². The van der Waals surface area contributed by atoms with E-state index in [1.54, 1.807) is 11.3 Å². The molecule has 0 amide bonds. The van der Waals surface area contributed by atoms with Crippen molar-refractivity contribution >= 4 is 39.2 Å². The van der Waals surface area contributed by atoms with Crippen molar-refractivity contribution in [3.8, 4) is 21.9 Å². The fraction of sp³-hybridized carbons (Fsp3) is 0.250. The number of hydrogen-bond donors (Lipinski definition) is 0. The van der Waals surface area contributed by atoms with E-state index in [0.717, 1.165) is 66.9 Å². The molecule has 7 rings (SSSR count). The fourth-order valence-corrected chi connectivity index (χ4v) is 8.71. The first-order chi connectivity index (χ1) is 22.3. The van der Waals surface area contributed by atoms with Gasteiger partial charge in [-0.2, -0.15) is 0 Å². The van der Waals surface area contributed by atoms with Crippen LogP contribution in [0.3, 0.4) is 0 Å². The first kappa shape index (κ1) is 30.7. The lowest BCUT2D eigenvalue weighted by atomic mass is 9.89. The topological polar surface area (TPSA) is 36.9 Å². The van der Waals surface area contributed by atoms with E-state index >= 15 is 0 Å². The lowest BCUT2D eigenvalue weighted by Gasteiger charge is -2.22. The molecule has 0 spiro atoms. The summed E-state index contributed by atoms with van der Waals surface area (Å²) in [6.45, 7) is 19.9. The minimum absolute atomic E-state index is 0.0740. The largest absolute Gasteiger partial charge is 0.492 e. The highest BCUT2D eigenvalue weighted by Crippen LogP contribution is 2.46. The summed E-state index contributed by atoms with van der Waals surface area (Å²) >= 11 is 3.48. The molecule has 3 aromatic carbocycles. The summed E-state index contributed by atoms with van der Waals surface area (Å²) in [5.74, 6) is 3.59. The fourth-order valence-electron chi connectivity index (χ4n) is 6.57. The van der Waals surface area contributed by atoms with Gasteiger partial charge in [-0.05, 0) is 93.8 Å². The zero-order chi connectivity index (χ0) is 31.9. The number of thiophene rings is 1. The van der Waals surface area contributed by atoms with Crippen molar-refractivity contribution in [1.82, 2.24) is 0 Å². The highest BCUT2D eigenvalue weighted by molar-refractivity contribution is 8.08. The summed E-state index contributed by atoms with van der Waals surface area (Å²) in [4.78, 5) is 2.29. The molecule has 0 bridgehead atoms. The van der Waals surface area contributed by atoms with Crippen LogP contribution >= 0.6 is 23.1 Å². The zero-order valence-electron chi connectivity index (χ0n) is 26.8. The van der Waals surface area contributed by atoms with Crippen LogP contribution in [0.15, 0.2) is 96.1 Å². The van der Waals surface area contributed by atoms with E-state index in [-0.39, 0.29) is 6.10 Å². The van der Waals surface area contributed by atoms with Crippen LogP contribution < -0.4 is 19.9 Å². The van der Waals surface area contributed by atoms with Crippen molar-refractivity contribution in [2.75, 3.05) is 32.2 Å². The molecule has 4 heterocycles. The Labute approximate surface area is 279 Å². The summed E-state index contributed by atoms with van der Waals surface area (Å²) in [6, 6.07) is 22.0. The molecule has 3 aliphatic rings. The van der Waals surface area contributed by atoms with Crippen LogP contribution in [0.1, 0.15) is 41.7 Å². The second-order valence-electron chi connectivity index (χ2n) is 12.0. The van der Waals surface area contributed by atoms with Gasteiger partial charge < -0.3 is 18.9 Å². The molecule has 0 N–H and O–H groups in total. The van der Waals surface area contributed by atoms with E-state index < -0.39 is 0 Å². The minimum atomic E-state index is 0.0740. The van der Waals surface area contributed by atoms with Gasteiger partial charge in [0.2, 0.25) is 0 Å². The Kier molecular flexibility index (Phi) is 8.45. The van der Waals surface area contributed by atoms with Gasteiger partial charge in [0.1, 0.15) is 31.7 Å². The maximum atomic E-state index is 6.00. The van der Waals surface area contributed by atoms with E-state index in [1.807, 2.05) is 17.1 Å². The van der Waals surface area contributed by atoms with Gasteiger partial charge >= 0.3 is 0 Å². The molecular formula is C40H38O4S2. The summed E-state index contributed by atoms with van der Waals surface area (Å²) in [6.07, 6.45) is 0.0740. The summed E-state index contributed by atoms with van der Waals surface area (Å²) < 4.78 is 23.6. The maximum absolute atomic E-state index is 6.00.